The van der Waals surface area contributed by atoms with Crippen LogP contribution in [-0.2, 0) is 17.6 Å². The maximum absolute atomic E-state index is 12.5. The summed E-state index contributed by atoms with van der Waals surface area (Å²) in [6.07, 6.45) is 4.03. The van der Waals surface area contributed by atoms with E-state index in [2.05, 4.69) is 15.4 Å². The number of nitrogens with one attached hydrogen (secondary N) is 1. The van der Waals surface area contributed by atoms with Gasteiger partial charge in [-0.25, -0.2) is 9.67 Å². The number of rotatable bonds is 3. The van der Waals surface area contributed by atoms with Gasteiger partial charge in [0.1, 0.15) is 10.9 Å². The molecule has 132 valence electrons. The largest absolute Gasteiger partial charge is 0.377 e. The van der Waals surface area contributed by atoms with E-state index >= 15 is 0 Å². The predicted molar refractivity (Wildman–Crippen MR) is 93.1 cm³/mol. The molecule has 1 fully saturated rings. The Morgan fingerprint density at radius 2 is 2.20 bits per heavy atom. The molecule has 0 aromatic carbocycles. The zero-order chi connectivity index (χ0) is 17.4. The van der Waals surface area contributed by atoms with Gasteiger partial charge < -0.3 is 10.1 Å². The number of carbonyl (C=O) groups is 1. The van der Waals surface area contributed by atoms with E-state index in [0.29, 0.717) is 23.8 Å². The number of aromatic nitrogens is 3. The summed E-state index contributed by atoms with van der Waals surface area (Å²) >= 11 is 1.31. The van der Waals surface area contributed by atoms with Crippen molar-refractivity contribution < 1.29 is 9.53 Å². The van der Waals surface area contributed by atoms with E-state index in [4.69, 9.17) is 4.74 Å². The number of hydrogen-bond donors (Lipinski definition) is 1. The fourth-order valence-electron chi connectivity index (χ4n) is 3.49. The van der Waals surface area contributed by atoms with Gasteiger partial charge in [0.05, 0.1) is 36.2 Å². The molecule has 2 atom stereocenters. The summed E-state index contributed by atoms with van der Waals surface area (Å²) in [5, 5.41) is 7.58. The van der Waals surface area contributed by atoms with E-state index in [9.17, 15) is 9.59 Å². The second-order valence-electron chi connectivity index (χ2n) is 6.56. The van der Waals surface area contributed by atoms with Crippen molar-refractivity contribution in [2.24, 2.45) is 0 Å². The number of carbonyl (C=O) groups excluding carboxylic acids is 1. The summed E-state index contributed by atoms with van der Waals surface area (Å²) < 4.78 is 7.05. The van der Waals surface area contributed by atoms with Gasteiger partial charge in [0.2, 0.25) is 0 Å². The first-order chi connectivity index (χ1) is 12.1. The highest BCUT2D eigenvalue weighted by Crippen LogP contribution is 2.22. The lowest BCUT2D eigenvalue weighted by atomic mass is 9.97. The fourth-order valence-corrected chi connectivity index (χ4v) is 4.20. The molecule has 1 aliphatic carbocycles. The molecule has 0 saturated carbocycles. The number of thiazole rings is 1. The Kier molecular flexibility index (Phi) is 4.39. The SMILES string of the molecule is Cc1ncsc1C(=O)NC1COCC1n1nc2c(cc1=O)CCCC2. The number of ether oxygens (including phenoxy) is 1. The molecule has 1 aliphatic heterocycles. The van der Waals surface area contributed by atoms with E-state index in [-0.39, 0.29) is 23.6 Å². The van der Waals surface area contributed by atoms with E-state index < -0.39 is 0 Å². The van der Waals surface area contributed by atoms with Crippen LogP contribution in [0.2, 0.25) is 0 Å². The van der Waals surface area contributed by atoms with Crippen LogP contribution in [0.3, 0.4) is 0 Å². The molecule has 2 unspecified atom stereocenters. The third-order valence-electron chi connectivity index (χ3n) is 4.87. The van der Waals surface area contributed by atoms with Crippen LogP contribution in [0.25, 0.3) is 0 Å². The van der Waals surface area contributed by atoms with Crippen LogP contribution < -0.4 is 10.9 Å². The Hall–Kier alpha value is -2.06. The van der Waals surface area contributed by atoms with Gasteiger partial charge in [-0.2, -0.15) is 5.10 Å². The van der Waals surface area contributed by atoms with Gasteiger partial charge in [0.15, 0.2) is 0 Å². The minimum atomic E-state index is -0.281. The molecular weight excluding hydrogens is 340 g/mol. The number of nitrogens with zero attached hydrogens (tertiary/aromatic N) is 3. The lowest BCUT2D eigenvalue weighted by molar-refractivity contribution is 0.0928. The quantitative estimate of drug-likeness (QED) is 0.890. The zero-order valence-corrected chi connectivity index (χ0v) is 14.8. The molecule has 0 bridgehead atoms. The Labute approximate surface area is 149 Å². The van der Waals surface area contributed by atoms with Crippen LogP contribution in [0.15, 0.2) is 16.4 Å². The van der Waals surface area contributed by atoms with Crippen molar-refractivity contribution >= 4 is 17.2 Å². The Morgan fingerprint density at radius 1 is 1.36 bits per heavy atom. The second kappa shape index (κ2) is 6.68. The van der Waals surface area contributed by atoms with Crippen LogP contribution in [0.4, 0.5) is 0 Å². The van der Waals surface area contributed by atoms with Gasteiger partial charge in [-0.15, -0.1) is 11.3 Å². The van der Waals surface area contributed by atoms with Gasteiger partial charge in [0, 0.05) is 6.07 Å². The Bertz CT molecular complexity index is 860. The topological polar surface area (TPSA) is 86.1 Å². The summed E-state index contributed by atoms with van der Waals surface area (Å²) in [5.41, 5.74) is 4.31. The highest BCUT2D eigenvalue weighted by molar-refractivity contribution is 7.11. The molecule has 1 saturated heterocycles. The number of amides is 1. The van der Waals surface area contributed by atoms with Crippen LogP contribution in [0.1, 0.15) is 45.5 Å². The third kappa shape index (κ3) is 3.11. The third-order valence-corrected chi connectivity index (χ3v) is 5.79. The molecule has 2 aromatic rings. The predicted octanol–water partition coefficient (Wildman–Crippen LogP) is 1.26. The molecule has 1 amide bonds. The minimum absolute atomic E-state index is 0.121. The summed E-state index contributed by atoms with van der Waals surface area (Å²) in [4.78, 5) is 29.7. The van der Waals surface area contributed by atoms with Crippen molar-refractivity contribution in [3.8, 4) is 0 Å². The summed E-state index contributed by atoms with van der Waals surface area (Å²) in [5.74, 6) is -0.175. The molecule has 8 heteroatoms. The lowest BCUT2D eigenvalue weighted by Crippen LogP contribution is -2.44. The highest BCUT2D eigenvalue weighted by Gasteiger charge is 2.34. The molecule has 7 nitrogen and oxygen atoms in total. The minimum Gasteiger partial charge on any atom is -0.377 e. The molecule has 0 spiro atoms. The van der Waals surface area contributed by atoms with Crippen molar-refractivity contribution in [3.05, 3.63) is 43.8 Å². The number of fused-ring (bicyclic) bond motifs is 1. The van der Waals surface area contributed by atoms with Gasteiger partial charge in [-0.05, 0) is 38.2 Å². The van der Waals surface area contributed by atoms with Crippen LogP contribution in [-0.4, -0.2) is 39.9 Å². The number of aryl methyl sites for hydroxylation is 3. The van der Waals surface area contributed by atoms with E-state index in [1.165, 1.54) is 16.0 Å². The maximum Gasteiger partial charge on any atom is 0.267 e. The standard InChI is InChI=1S/C17H20N4O3S/c1-10-16(25-9-18-10)17(23)19-13-7-24-8-14(13)21-15(22)6-11-4-2-3-5-12(11)20-21/h6,9,13-14H,2-5,7-8H2,1H3,(H,19,23). The van der Waals surface area contributed by atoms with Crippen molar-refractivity contribution in [1.29, 1.82) is 0 Å². The Balaban J connectivity index is 1.58. The molecule has 1 N–H and O–H groups in total. The molecular formula is C17H20N4O3S. The highest BCUT2D eigenvalue weighted by atomic mass is 32.1. The van der Waals surface area contributed by atoms with Crippen LogP contribution in [0, 0.1) is 6.92 Å². The molecule has 2 aromatic heterocycles. The lowest BCUT2D eigenvalue weighted by Gasteiger charge is -2.22. The van der Waals surface area contributed by atoms with E-state index in [1.54, 1.807) is 11.6 Å². The van der Waals surface area contributed by atoms with Crippen molar-refractivity contribution in [2.45, 2.75) is 44.7 Å². The van der Waals surface area contributed by atoms with Crippen molar-refractivity contribution in [3.63, 3.8) is 0 Å². The first-order valence-electron chi connectivity index (χ1n) is 8.54. The molecule has 4 rings (SSSR count). The van der Waals surface area contributed by atoms with Gasteiger partial charge in [0.25, 0.3) is 11.5 Å². The molecule has 2 aliphatic rings. The first kappa shape index (κ1) is 16.4. The monoisotopic (exact) mass is 360 g/mol. The second-order valence-corrected chi connectivity index (χ2v) is 7.41. The normalized spacial score (nSPS) is 22.6. The molecule has 0 radical (unpaired) electrons. The maximum atomic E-state index is 12.5. The smallest absolute Gasteiger partial charge is 0.267 e. The number of hydrogen-bond acceptors (Lipinski definition) is 6. The summed E-state index contributed by atoms with van der Waals surface area (Å²) in [7, 11) is 0. The van der Waals surface area contributed by atoms with Crippen LogP contribution in [0.5, 0.6) is 0 Å². The molecule has 25 heavy (non-hydrogen) atoms. The van der Waals surface area contributed by atoms with Crippen molar-refractivity contribution in [1.82, 2.24) is 20.1 Å². The van der Waals surface area contributed by atoms with Gasteiger partial charge in [-0.1, -0.05) is 0 Å². The Morgan fingerprint density at radius 3 is 3.00 bits per heavy atom. The molecule has 3 heterocycles. The van der Waals surface area contributed by atoms with E-state index in [1.807, 2.05) is 6.92 Å². The summed E-state index contributed by atoms with van der Waals surface area (Å²) in [6, 6.07) is 1.14. The summed E-state index contributed by atoms with van der Waals surface area (Å²) in [6.45, 7) is 2.56. The van der Waals surface area contributed by atoms with Gasteiger partial charge in [-0.3, -0.25) is 9.59 Å². The fraction of sp³-hybridized carbons (Fsp3) is 0.529. The average molecular weight is 360 g/mol. The van der Waals surface area contributed by atoms with Crippen LogP contribution >= 0.6 is 11.3 Å². The van der Waals surface area contributed by atoms with E-state index in [0.717, 1.165) is 36.9 Å². The average Bonchev–Trinajstić information content (AvgIpc) is 3.23. The first-order valence-corrected chi connectivity index (χ1v) is 9.42. The van der Waals surface area contributed by atoms with Gasteiger partial charge >= 0.3 is 0 Å². The van der Waals surface area contributed by atoms with Crippen molar-refractivity contribution in [2.75, 3.05) is 13.2 Å². The zero-order valence-electron chi connectivity index (χ0n) is 14.0.